The second kappa shape index (κ2) is 12.3. The lowest BCUT2D eigenvalue weighted by atomic mass is 9.99. The van der Waals surface area contributed by atoms with Crippen molar-refractivity contribution in [2.45, 2.75) is 0 Å². The van der Waals surface area contributed by atoms with E-state index in [0.717, 1.165) is 49.9 Å². The standard InChI is InChI=1S/C49H29N3OS/c1-3-10-31(11-4-1)37-16-9-17-42-45(37)40-26-23-36(29-43(40)53-42)49-51-47(33-13-5-2-6-14-33)50-48(52-49)34-20-18-30(19-21-34)35-24-27-44-41(28-35)39-25-22-32-12-7-8-15-38(32)46(39)54-44/h1-29H/i7D,8D,12D,15D,22D,24D,25D,27D,28D. The lowest BCUT2D eigenvalue weighted by Gasteiger charge is -2.09. The molecule has 0 N–H and O–H groups in total. The molecule has 5 heteroatoms. The van der Waals surface area contributed by atoms with Gasteiger partial charge in [-0.3, -0.25) is 0 Å². The fourth-order valence-corrected chi connectivity index (χ4v) is 8.09. The normalized spacial score (nSPS) is 14.0. The lowest BCUT2D eigenvalue weighted by molar-refractivity contribution is 0.669. The van der Waals surface area contributed by atoms with Crippen LogP contribution in [0.15, 0.2) is 180 Å². The van der Waals surface area contributed by atoms with Gasteiger partial charge in [0.25, 0.3) is 0 Å². The van der Waals surface area contributed by atoms with E-state index < -0.39 is 24.2 Å². The molecule has 3 heterocycles. The number of aromatic nitrogens is 3. The van der Waals surface area contributed by atoms with Gasteiger partial charge in [-0.2, -0.15) is 0 Å². The van der Waals surface area contributed by atoms with Gasteiger partial charge < -0.3 is 4.42 Å². The van der Waals surface area contributed by atoms with E-state index in [1.54, 1.807) is 24.3 Å². The largest absolute Gasteiger partial charge is 0.456 e. The van der Waals surface area contributed by atoms with E-state index in [4.69, 9.17) is 30.3 Å². The van der Waals surface area contributed by atoms with Crippen molar-refractivity contribution in [3.05, 3.63) is 176 Å². The third-order valence-electron chi connectivity index (χ3n) is 9.63. The molecule has 0 spiro atoms. The predicted molar refractivity (Wildman–Crippen MR) is 225 cm³/mol. The summed E-state index contributed by atoms with van der Waals surface area (Å²) in [6.07, 6.45) is 0. The molecular weight excluding hydrogens is 679 g/mol. The van der Waals surface area contributed by atoms with Crippen LogP contribution in [0, 0.1) is 0 Å². The van der Waals surface area contributed by atoms with E-state index in [1.807, 2.05) is 78.9 Å². The van der Waals surface area contributed by atoms with Gasteiger partial charge in [0.05, 0.1) is 12.3 Å². The molecule has 0 bridgehead atoms. The number of hydrogen-bond acceptors (Lipinski definition) is 5. The number of rotatable bonds is 5. The average molecular weight is 717 g/mol. The third kappa shape index (κ3) is 5.09. The van der Waals surface area contributed by atoms with Crippen LogP contribution in [-0.2, 0) is 0 Å². The molecular formula is C49H29N3OS. The van der Waals surface area contributed by atoms with Gasteiger partial charge in [-0.05, 0) is 63.3 Å². The summed E-state index contributed by atoms with van der Waals surface area (Å²) in [5, 5.41) is 2.30. The van der Waals surface area contributed by atoms with Crippen molar-refractivity contribution in [3.63, 3.8) is 0 Å². The smallest absolute Gasteiger partial charge is 0.164 e. The van der Waals surface area contributed by atoms with Gasteiger partial charge in [-0.1, -0.05) is 145 Å². The van der Waals surface area contributed by atoms with E-state index in [-0.39, 0.29) is 66.7 Å². The number of fused-ring (bicyclic) bond motifs is 8. The van der Waals surface area contributed by atoms with E-state index in [0.29, 0.717) is 34.2 Å². The van der Waals surface area contributed by atoms with E-state index in [1.165, 1.54) is 0 Å². The first-order valence-corrected chi connectivity index (χ1v) is 18.1. The van der Waals surface area contributed by atoms with E-state index >= 15 is 0 Å². The first kappa shape index (κ1) is 22.9. The molecule has 0 atom stereocenters. The number of benzene rings is 8. The molecule has 0 saturated heterocycles. The summed E-state index contributed by atoms with van der Waals surface area (Å²) in [5.74, 6) is 1.28. The fraction of sp³-hybridized carbons (Fsp3) is 0. The summed E-state index contributed by atoms with van der Waals surface area (Å²) in [6, 6.07) is 35.9. The van der Waals surface area contributed by atoms with Crippen LogP contribution in [-0.4, -0.2) is 15.0 Å². The van der Waals surface area contributed by atoms with Gasteiger partial charge in [-0.25, -0.2) is 15.0 Å². The van der Waals surface area contributed by atoms with Crippen molar-refractivity contribution in [1.29, 1.82) is 0 Å². The topological polar surface area (TPSA) is 51.8 Å². The predicted octanol–water partition coefficient (Wildman–Crippen LogP) is 13.6. The second-order valence-corrected chi connectivity index (χ2v) is 13.9. The minimum absolute atomic E-state index is 0.0655. The van der Waals surface area contributed by atoms with Crippen LogP contribution in [0.3, 0.4) is 0 Å². The van der Waals surface area contributed by atoms with Crippen LogP contribution in [0.4, 0.5) is 0 Å². The SMILES string of the molecule is [2H]c1c(-c2ccc(-c3nc(-c4ccccc4)nc(-c4ccc5c(c4)oc4cccc(-c6ccccc6)c45)n3)cc2)c([2H])c2c(sc3c4c([2H])c([2H])c([2H])c([2H])c4c([2H])c([2H])c32)c1[2H]. The molecule has 54 heavy (non-hydrogen) atoms. The van der Waals surface area contributed by atoms with Gasteiger partial charge in [0.2, 0.25) is 0 Å². The Morgan fingerprint density at radius 1 is 0.463 bits per heavy atom. The van der Waals surface area contributed by atoms with Gasteiger partial charge in [-0.15, -0.1) is 11.3 Å². The molecule has 0 aliphatic rings. The number of furan rings is 1. The molecule has 0 saturated carbocycles. The number of thiophene rings is 1. The summed E-state index contributed by atoms with van der Waals surface area (Å²) >= 11 is 1.00. The van der Waals surface area contributed by atoms with Crippen LogP contribution in [0.25, 0.3) is 109 Å². The van der Waals surface area contributed by atoms with Crippen LogP contribution in [0.2, 0.25) is 0 Å². The zero-order valence-corrected chi connectivity index (χ0v) is 29.0. The maximum Gasteiger partial charge on any atom is 0.164 e. The average Bonchev–Trinajstić information content (AvgIpc) is 3.91. The highest BCUT2D eigenvalue weighted by Gasteiger charge is 2.17. The fourth-order valence-electron chi connectivity index (χ4n) is 7.01. The zero-order valence-electron chi connectivity index (χ0n) is 37.2. The molecule has 0 aliphatic heterocycles. The van der Waals surface area contributed by atoms with Crippen molar-refractivity contribution in [1.82, 2.24) is 15.0 Å². The highest BCUT2D eigenvalue weighted by Crippen LogP contribution is 2.41. The Morgan fingerprint density at radius 2 is 1.15 bits per heavy atom. The van der Waals surface area contributed by atoms with Crippen molar-refractivity contribution >= 4 is 64.2 Å². The minimum atomic E-state index is -0.506. The molecule has 252 valence electrons. The number of nitrogens with zero attached hydrogens (tertiary/aromatic N) is 3. The van der Waals surface area contributed by atoms with Crippen molar-refractivity contribution in [2.24, 2.45) is 0 Å². The maximum atomic E-state index is 9.44. The minimum Gasteiger partial charge on any atom is -0.456 e. The van der Waals surface area contributed by atoms with Gasteiger partial charge >= 0.3 is 0 Å². The van der Waals surface area contributed by atoms with Gasteiger partial charge in [0.1, 0.15) is 11.2 Å². The molecule has 8 aromatic carbocycles. The van der Waals surface area contributed by atoms with Crippen molar-refractivity contribution in [2.75, 3.05) is 0 Å². The highest BCUT2D eigenvalue weighted by molar-refractivity contribution is 7.26. The molecule has 4 nitrogen and oxygen atoms in total. The Hall–Kier alpha value is -6.95. The highest BCUT2D eigenvalue weighted by atomic mass is 32.1. The monoisotopic (exact) mass is 716 g/mol. The van der Waals surface area contributed by atoms with E-state index in [9.17, 15) is 1.37 Å². The summed E-state index contributed by atoms with van der Waals surface area (Å²) in [5.41, 5.74) is 6.39. The number of hydrogen-bond donors (Lipinski definition) is 0. The first-order chi connectivity index (χ1) is 30.5. The van der Waals surface area contributed by atoms with Crippen molar-refractivity contribution in [3.8, 4) is 56.4 Å². The van der Waals surface area contributed by atoms with Crippen molar-refractivity contribution < 1.29 is 16.8 Å². The summed E-state index contributed by atoms with van der Waals surface area (Å²) in [7, 11) is 0. The first-order valence-electron chi connectivity index (χ1n) is 21.8. The van der Waals surface area contributed by atoms with Gasteiger partial charge in [0.15, 0.2) is 17.5 Å². The molecule has 11 rings (SSSR count). The Bertz CT molecular complexity index is 3730. The Kier molecular flexibility index (Phi) is 5.22. The molecule has 11 aromatic rings. The van der Waals surface area contributed by atoms with Crippen LogP contribution >= 0.6 is 11.3 Å². The molecule has 0 radical (unpaired) electrons. The molecule has 0 fully saturated rings. The van der Waals surface area contributed by atoms with Crippen LogP contribution in [0.5, 0.6) is 0 Å². The molecule has 0 unspecified atom stereocenters. The van der Waals surface area contributed by atoms with Crippen LogP contribution < -0.4 is 0 Å². The third-order valence-corrected chi connectivity index (χ3v) is 10.7. The maximum absolute atomic E-state index is 9.44. The summed E-state index contributed by atoms with van der Waals surface area (Å²) < 4.78 is 86.0. The second-order valence-electron chi connectivity index (χ2n) is 12.9. The van der Waals surface area contributed by atoms with Gasteiger partial charge in [0, 0.05) is 47.6 Å². The zero-order chi connectivity index (χ0) is 43.4. The lowest BCUT2D eigenvalue weighted by Crippen LogP contribution is -2.00. The van der Waals surface area contributed by atoms with Crippen LogP contribution in [0.1, 0.15) is 12.3 Å². The molecule has 0 amide bonds. The Morgan fingerprint density at radius 3 is 1.94 bits per heavy atom. The quantitative estimate of drug-likeness (QED) is 0.178. The van der Waals surface area contributed by atoms with E-state index in [2.05, 4.69) is 18.2 Å². The molecule has 0 aliphatic carbocycles. The Labute approximate surface area is 327 Å². The summed E-state index contributed by atoms with van der Waals surface area (Å²) in [6.45, 7) is 0. The molecule has 3 aromatic heterocycles. The Balaban J connectivity index is 1.04. The summed E-state index contributed by atoms with van der Waals surface area (Å²) in [4.78, 5) is 14.8.